The van der Waals surface area contributed by atoms with Crippen molar-refractivity contribution in [1.82, 2.24) is 5.32 Å². The molecule has 1 atom stereocenters. The lowest BCUT2D eigenvalue weighted by Crippen LogP contribution is -2.42. The molecule has 1 rings (SSSR count). The summed E-state index contributed by atoms with van der Waals surface area (Å²) in [5.41, 5.74) is -0.551. The highest BCUT2D eigenvalue weighted by Gasteiger charge is 2.23. The molecular weight excluding hydrogens is 285 g/mol. The molecular formula is C14H17ClFNO3. The molecule has 1 N–H and O–H groups in total. The monoisotopic (exact) mass is 301 g/mol. The molecule has 0 saturated carbocycles. The van der Waals surface area contributed by atoms with Gasteiger partial charge in [-0.15, -0.1) is 0 Å². The molecule has 20 heavy (non-hydrogen) atoms. The van der Waals surface area contributed by atoms with Gasteiger partial charge in [-0.25, -0.2) is 9.18 Å². The van der Waals surface area contributed by atoms with Crippen molar-refractivity contribution >= 4 is 23.5 Å². The number of benzene rings is 1. The van der Waals surface area contributed by atoms with E-state index < -0.39 is 29.3 Å². The van der Waals surface area contributed by atoms with Crippen LogP contribution in [-0.2, 0) is 9.53 Å². The smallest absolute Gasteiger partial charge is 0.328 e. The van der Waals surface area contributed by atoms with Crippen molar-refractivity contribution in [3.8, 4) is 0 Å². The van der Waals surface area contributed by atoms with Gasteiger partial charge in [0.05, 0.1) is 5.02 Å². The van der Waals surface area contributed by atoms with Gasteiger partial charge in [-0.3, -0.25) is 4.79 Å². The van der Waals surface area contributed by atoms with Gasteiger partial charge in [0.15, 0.2) is 0 Å². The molecule has 110 valence electrons. The Morgan fingerprint density at radius 3 is 2.45 bits per heavy atom. The van der Waals surface area contributed by atoms with Gasteiger partial charge in [-0.05, 0) is 45.9 Å². The van der Waals surface area contributed by atoms with E-state index in [1.54, 1.807) is 20.8 Å². The summed E-state index contributed by atoms with van der Waals surface area (Å²) in [6.07, 6.45) is 0. The van der Waals surface area contributed by atoms with Crippen LogP contribution in [0.15, 0.2) is 18.2 Å². The summed E-state index contributed by atoms with van der Waals surface area (Å²) in [5.74, 6) is -1.82. The van der Waals surface area contributed by atoms with Gasteiger partial charge >= 0.3 is 5.97 Å². The predicted octanol–water partition coefficient (Wildman–Crippen LogP) is 2.94. The van der Waals surface area contributed by atoms with Gasteiger partial charge in [0.25, 0.3) is 5.91 Å². The molecule has 1 aromatic carbocycles. The van der Waals surface area contributed by atoms with Gasteiger partial charge in [0.1, 0.15) is 17.5 Å². The van der Waals surface area contributed by atoms with Crippen LogP contribution in [0.25, 0.3) is 0 Å². The number of hydrogen-bond acceptors (Lipinski definition) is 3. The SMILES string of the molecule is C[C@@H](NC(=O)c1ccc(Cl)c(F)c1)C(=O)OC(C)(C)C. The van der Waals surface area contributed by atoms with Crippen molar-refractivity contribution in [2.24, 2.45) is 0 Å². The van der Waals surface area contributed by atoms with Gasteiger partial charge < -0.3 is 10.1 Å². The maximum atomic E-state index is 13.3. The minimum absolute atomic E-state index is 0.0678. The summed E-state index contributed by atoms with van der Waals surface area (Å²) < 4.78 is 18.4. The van der Waals surface area contributed by atoms with Crippen LogP contribution >= 0.6 is 11.6 Å². The molecule has 1 amide bonds. The van der Waals surface area contributed by atoms with Crippen molar-refractivity contribution in [3.05, 3.63) is 34.6 Å². The average molecular weight is 302 g/mol. The molecule has 0 heterocycles. The van der Waals surface area contributed by atoms with E-state index in [9.17, 15) is 14.0 Å². The molecule has 0 aliphatic heterocycles. The van der Waals surface area contributed by atoms with Crippen LogP contribution in [0.2, 0.25) is 5.02 Å². The zero-order valence-corrected chi connectivity index (χ0v) is 12.5. The summed E-state index contributed by atoms with van der Waals surface area (Å²) in [5, 5.41) is 2.37. The summed E-state index contributed by atoms with van der Waals surface area (Å²) in [6, 6.07) is 2.84. The second-order valence-corrected chi connectivity index (χ2v) is 5.76. The Kier molecular flexibility index (Phi) is 5.11. The molecule has 0 fully saturated rings. The highest BCUT2D eigenvalue weighted by atomic mass is 35.5. The first-order valence-corrected chi connectivity index (χ1v) is 6.47. The number of esters is 1. The van der Waals surface area contributed by atoms with Crippen molar-refractivity contribution in [2.45, 2.75) is 39.3 Å². The second kappa shape index (κ2) is 6.22. The predicted molar refractivity (Wildman–Crippen MR) is 74.2 cm³/mol. The molecule has 0 aliphatic carbocycles. The number of ether oxygens (including phenoxy) is 1. The van der Waals surface area contributed by atoms with Crippen LogP contribution in [0.3, 0.4) is 0 Å². The highest BCUT2D eigenvalue weighted by Crippen LogP contribution is 2.15. The lowest BCUT2D eigenvalue weighted by Gasteiger charge is -2.22. The number of hydrogen-bond donors (Lipinski definition) is 1. The third kappa shape index (κ3) is 4.81. The summed E-state index contributed by atoms with van der Waals surface area (Å²) in [7, 11) is 0. The van der Waals surface area contributed by atoms with E-state index in [1.165, 1.54) is 19.1 Å². The molecule has 0 aliphatic rings. The number of carbonyl (C=O) groups excluding carboxylic acids is 2. The van der Waals surface area contributed by atoms with Crippen LogP contribution in [0.5, 0.6) is 0 Å². The number of carbonyl (C=O) groups is 2. The van der Waals surface area contributed by atoms with Gasteiger partial charge in [0, 0.05) is 5.56 Å². The molecule has 0 aromatic heterocycles. The largest absolute Gasteiger partial charge is 0.458 e. The summed E-state index contributed by atoms with van der Waals surface area (Å²) >= 11 is 5.53. The van der Waals surface area contributed by atoms with E-state index in [2.05, 4.69) is 5.32 Å². The fourth-order valence-electron chi connectivity index (χ4n) is 1.37. The molecule has 0 spiro atoms. The Balaban J connectivity index is 2.70. The Morgan fingerprint density at radius 2 is 1.95 bits per heavy atom. The standard InChI is InChI=1S/C14H17ClFNO3/c1-8(13(19)20-14(2,3)4)17-12(18)9-5-6-10(15)11(16)7-9/h5-8H,1-4H3,(H,17,18)/t8-/m1/s1. The van der Waals surface area contributed by atoms with Crippen molar-refractivity contribution in [2.75, 3.05) is 0 Å². The Hall–Kier alpha value is -1.62. The molecule has 4 nitrogen and oxygen atoms in total. The van der Waals surface area contributed by atoms with E-state index >= 15 is 0 Å². The van der Waals surface area contributed by atoms with Crippen LogP contribution in [-0.4, -0.2) is 23.5 Å². The van der Waals surface area contributed by atoms with Crippen LogP contribution < -0.4 is 5.32 Å². The Labute approximate surface area is 122 Å². The zero-order chi connectivity index (χ0) is 15.5. The van der Waals surface area contributed by atoms with Crippen LogP contribution in [0.1, 0.15) is 38.1 Å². The topological polar surface area (TPSA) is 55.4 Å². The van der Waals surface area contributed by atoms with E-state index in [1.807, 2.05) is 0 Å². The maximum absolute atomic E-state index is 13.3. The van der Waals surface area contributed by atoms with Crippen molar-refractivity contribution in [1.29, 1.82) is 0 Å². The number of rotatable bonds is 3. The van der Waals surface area contributed by atoms with Gasteiger partial charge in [-0.1, -0.05) is 11.6 Å². The fourth-order valence-corrected chi connectivity index (χ4v) is 1.48. The van der Waals surface area contributed by atoms with Crippen LogP contribution in [0, 0.1) is 5.82 Å². The Bertz CT molecular complexity index is 526. The number of nitrogens with one attached hydrogen (secondary N) is 1. The van der Waals surface area contributed by atoms with E-state index in [0.717, 1.165) is 6.07 Å². The Morgan fingerprint density at radius 1 is 1.35 bits per heavy atom. The van der Waals surface area contributed by atoms with Crippen molar-refractivity contribution in [3.63, 3.8) is 0 Å². The molecule has 1 aromatic rings. The highest BCUT2D eigenvalue weighted by molar-refractivity contribution is 6.30. The van der Waals surface area contributed by atoms with E-state index in [-0.39, 0.29) is 10.6 Å². The maximum Gasteiger partial charge on any atom is 0.328 e. The number of amides is 1. The third-order valence-corrected chi connectivity index (χ3v) is 2.60. The van der Waals surface area contributed by atoms with E-state index in [4.69, 9.17) is 16.3 Å². The molecule has 0 radical (unpaired) electrons. The van der Waals surface area contributed by atoms with Gasteiger partial charge in [0.2, 0.25) is 0 Å². The normalized spacial score (nSPS) is 12.7. The summed E-state index contributed by atoms with van der Waals surface area (Å²) in [6.45, 7) is 6.69. The van der Waals surface area contributed by atoms with Crippen molar-refractivity contribution < 1.29 is 18.7 Å². The van der Waals surface area contributed by atoms with Gasteiger partial charge in [-0.2, -0.15) is 0 Å². The first-order chi connectivity index (χ1) is 9.10. The molecule has 0 saturated heterocycles. The zero-order valence-electron chi connectivity index (χ0n) is 11.8. The third-order valence-electron chi connectivity index (χ3n) is 2.29. The second-order valence-electron chi connectivity index (χ2n) is 5.36. The minimum Gasteiger partial charge on any atom is -0.458 e. The van der Waals surface area contributed by atoms with E-state index in [0.29, 0.717) is 0 Å². The molecule has 6 heteroatoms. The average Bonchev–Trinajstić information content (AvgIpc) is 2.30. The summed E-state index contributed by atoms with van der Waals surface area (Å²) in [4.78, 5) is 23.6. The molecule has 0 bridgehead atoms. The fraction of sp³-hybridized carbons (Fsp3) is 0.429. The quantitative estimate of drug-likeness (QED) is 0.873. The molecule has 0 unspecified atom stereocenters. The number of halogens is 2. The lowest BCUT2D eigenvalue weighted by molar-refractivity contribution is -0.156. The van der Waals surface area contributed by atoms with Crippen LogP contribution in [0.4, 0.5) is 4.39 Å². The minimum atomic E-state index is -0.833. The lowest BCUT2D eigenvalue weighted by atomic mass is 10.1. The first-order valence-electron chi connectivity index (χ1n) is 6.09. The first kappa shape index (κ1) is 16.4.